The molecule has 2 heterocycles. The van der Waals surface area contributed by atoms with Crippen LogP contribution >= 0.6 is 0 Å². The topological polar surface area (TPSA) is 70.8 Å². The summed E-state index contributed by atoms with van der Waals surface area (Å²) in [5.41, 5.74) is 1.29. The molecule has 1 amide bonds. The molecule has 0 aliphatic carbocycles. The number of rotatable bonds is 4. The zero-order valence-corrected chi connectivity index (χ0v) is 12.9. The Labute approximate surface area is 124 Å². The number of aryl methyl sites for hydroxylation is 1. The molecule has 5 nitrogen and oxygen atoms in total. The smallest absolute Gasteiger partial charge is 0.311 e. The zero-order valence-electron chi connectivity index (χ0n) is 12.9. The minimum absolute atomic E-state index is 0.100. The van der Waals surface area contributed by atoms with Crippen molar-refractivity contribution in [3.8, 4) is 0 Å². The van der Waals surface area contributed by atoms with Crippen molar-refractivity contribution in [1.29, 1.82) is 0 Å². The lowest BCUT2D eigenvalue weighted by atomic mass is 9.79. The third-order valence-electron chi connectivity index (χ3n) is 4.50. The predicted molar refractivity (Wildman–Crippen MR) is 78.3 cm³/mol. The van der Waals surface area contributed by atoms with E-state index in [1.807, 2.05) is 4.90 Å². The molecule has 5 heteroatoms. The molecule has 1 aromatic rings. The van der Waals surface area contributed by atoms with Crippen LogP contribution in [-0.2, 0) is 11.2 Å². The maximum absolute atomic E-state index is 12.8. The monoisotopic (exact) mass is 293 g/mol. The van der Waals surface area contributed by atoms with Crippen LogP contribution in [0.4, 0.5) is 0 Å². The highest BCUT2D eigenvalue weighted by molar-refractivity contribution is 5.97. The Morgan fingerprint density at radius 3 is 2.81 bits per heavy atom. The van der Waals surface area contributed by atoms with E-state index < -0.39 is 5.97 Å². The van der Waals surface area contributed by atoms with Gasteiger partial charge in [0.25, 0.3) is 5.91 Å². The molecule has 1 N–H and O–H groups in total. The highest BCUT2D eigenvalue weighted by Crippen LogP contribution is 2.33. The Morgan fingerprint density at radius 2 is 2.19 bits per heavy atom. The number of hydrogen-bond acceptors (Lipinski definition) is 3. The second-order valence-electron chi connectivity index (χ2n) is 6.28. The number of piperidine rings is 1. The lowest BCUT2D eigenvalue weighted by molar-refractivity contribution is -0.136. The van der Waals surface area contributed by atoms with Crippen LogP contribution in [0.15, 0.2) is 10.7 Å². The lowest BCUT2D eigenvalue weighted by Gasteiger charge is -2.40. The molecule has 0 bridgehead atoms. The van der Waals surface area contributed by atoms with Crippen LogP contribution in [-0.4, -0.2) is 35.0 Å². The molecular formula is C16H23NO4. The largest absolute Gasteiger partial charge is 0.481 e. The van der Waals surface area contributed by atoms with E-state index in [1.165, 1.54) is 6.26 Å². The summed E-state index contributed by atoms with van der Waals surface area (Å²) in [6, 6.07) is 0. The maximum Gasteiger partial charge on any atom is 0.311 e. The number of furan rings is 1. The molecule has 116 valence electrons. The predicted octanol–water partition coefficient (Wildman–Crippen LogP) is 2.87. The minimum atomic E-state index is -0.990. The fourth-order valence-electron chi connectivity index (χ4n) is 2.99. The van der Waals surface area contributed by atoms with Crippen LogP contribution in [0.25, 0.3) is 0 Å². The standard InChI is InChI=1S/C16H23NO4/c1-4-16(3)6-5-7-17(10-16)15(20)14-11(2)9-21-12(14)8-13(18)19/h9H,4-8,10H2,1-3H3,(H,18,19). The van der Waals surface area contributed by atoms with Gasteiger partial charge in [-0.1, -0.05) is 13.8 Å². The fourth-order valence-corrected chi connectivity index (χ4v) is 2.99. The van der Waals surface area contributed by atoms with Crippen molar-refractivity contribution < 1.29 is 19.1 Å². The van der Waals surface area contributed by atoms with Crippen LogP contribution in [0.5, 0.6) is 0 Å². The number of nitrogens with zero attached hydrogens (tertiary/aromatic N) is 1. The second kappa shape index (κ2) is 5.92. The highest BCUT2D eigenvalue weighted by Gasteiger charge is 2.34. The van der Waals surface area contributed by atoms with Crippen LogP contribution in [0.2, 0.25) is 0 Å². The van der Waals surface area contributed by atoms with Gasteiger partial charge in [-0.25, -0.2) is 0 Å². The molecule has 1 unspecified atom stereocenters. The first-order valence-electron chi connectivity index (χ1n) is 7.44. The van der Waals surface area contributed by atoms with Crippen LogP contribution < -0.4 is 0 Å². The van der Waals surface area contributed by atoms with E-state index in [1.54, 1.807) is 6.92 Å². The van der Waals surface area contributed by atoms with Crippen LogP contribution in [0, 0.1) is 12.3 Å². The summed E-state index contributed by atoms with van der Waals surface area (Å²) < 4.78 is 5.27. The fraction of sp³-hybridized carbons (Fsp3) is 0.625. The third-order valence-corrected chi connectivity index (χ3v) is 4.50. The van der Waals surface area contributed by atoms with Gasteiger partial charge in [0.15, 0.2) is 0 Å². The highest BCUT2D eigenvalue weighted by atomic mass is 16.4. The Bertz CT molecular complexity index is 548. The van der Waals surface area contributed by atoms with Crippen molar-refractivity contribution in [2.24, 2.45) is 5.41 Å². The van der Waals surface area contributed by atoms with Crippen molar-refractivity contribution in [1.82, 2.24) is 4.90 Å². The molecule has 0 spiro atoms. The Balaban J connectivity index is 2.24. The number of aliphatic carboxylic acids is 1. The van der Waals surface area contributed by atoms with Gasteiger partial charge in [-0.05, 0) is 31.6 Å². The quantitative estimate of drug-likeness (QED) is 0.926. The second-order valence-corrected chi connectivity index (χ2v) is 6.28. The lowest BCUT2D eigenvalue weighted by Crippen LogP contribution is -2.44. The van der Waals surface area contributed by atoms with Crippen molar-refractivity contribution in [2.45, 2.75) is 46.5 Å². The number of carboxylic acids is 1. The van der Waals surface area contributed by atoms with Gasteiger partial charge in [0.1, 0.15) is 12.2 Å². The maximum atomic E-state index is 12.8. The van der Waals surface area contributed by atoms with Gasteiger partial charge in [-0.2, -0.15) is 0 Å². The number of amides is 1. The zero-order chi connectivity index (χ0) is 15.6. The molecule has 1 aliphatic rings. The van der Waals surface area contributed by atoms with Crippen molar-refractivity contribution in [2.75, 3.05) is 13.1 Å². The summed E-state index contributed by atoms with van der Waals surface area (Å²) in [5, 5.41) is 8.93. The van der Waals surface area contributed by atoms with Gasteiger partial charge >= 0.3 is 5.97 Å². The van der Waals surface area contributed by atoms with Crippen molar-refractivity contribution in [3.63, 3.8) is 0 Å². The van der Waals surface area contributed by atoms with Crippen LogP contribution in [0.3, 0.4) is 0 Å². The molecule has 2 rings (SSSR count). The van der Waals surface area contributed by atoms with E-state index in [4.69, 9.17) is 9.52 Å². The van der Waals surface area contributed by atoms with Crippen molar-refractivity contribution in [3.05, 3.63) is 23.2 Å². The first-order valence-corrected chi connectivity index (χ1v) is 7.44. The summed E-state index contributed by atoms with van der Waals surface area (Å²) in [6.45, 7) is 7.58. The number of carbonyl (C=O) groups excluding carboxylic acids is 1. The Hall–Kier alpha value is -1.78. The summed E-state index contributed by atoms with van der Waals surface area (Å²) >= 11 is 0. The minimum Gasteiger partial charge on any atom is -0.481 e. The average molecular weight is 293 g/mol. The molecule has 0 radical (unpaired) electrons. The van der Waals surface area contributed by atoms with Gasteiger partial charge < -0.3 is 14.4 Å². The molecule has 21 heavy (non-hydrogen) atoms. The average Bonchev–Trinajstić information content (AvgIpc) is 2.78. The molecule has 1 saturated heterocycles. The number of carbonyl (C=O) groups is 2. The van der Waals surface area contributed by atoms with E-state index in [9.17, 15) is 9.59 Å². The van der Waals surface area contributed by atoms with E-state index in [-0.39, 0.29) is 23.5 Å². The van der Waals surface area contributed by atoms with Gasteiger partial charge in [0, 0.05) is 18.7 Å². The summed E-state index contributed by atoms with van der Waals surface area (Å²) in [7, 11) is 0. The van der Waals surface area contributed by atoms with Crippen molar-refractivity contribution >= 4 is 11.9 Å². The molecule has 1 fully saturated rings. The third kappa shape index (κ3) is 3.28. The Kier molecular flexibility index (Phi) is 4.40. The SMILES string of the molecule is CCC1(C)CCCN(C(=O)c2c(C)coc2CC(=O)O)C1. The molecule has 1 aliphatic heterocycles. The van der Waals surface area contributed by atoms with Gasteiger partial charge in [0.2, 0.25) is 0 Å². The number of likely N-dealkylation sites (tertiary alicyclic amines) is 1. The van der Waals surface area contributed by atoms with Gasteiger partial charge in [-0.3, -0.25) is 9.59 Å². The van der Waals surface area contributed by atoms with Gasteiger partial charge in [0.05, 0.1) is 11.8 Å². The normalized spacial score (nSPS) is 22.3. The number of hydrogen-bond donors (Lipinski definition) is 1. The molecule has 1 atom stereocenters. The van der Waals surface area contributed by atoms with E-state index in [2.05, 4.69) is 13.8 Å². The summed E-state index contributed by atoms with van der Waals surface area (Å²) in [6.07, 6.45) is 4.35. The first kappa shape index (κ1) is 15.6. The molecule has 0 saturated carbocycles. The number of carboxylic acid groups (broad SMARTS) is 1. The molecular weight excluding hydrogens is 270 g/mol. The summed E-state index contributed by atoms with van der Waals surface area (Å²) in [4.78, 5) is 25.5. The molecule has 0 aromatic carbocycles. The summed E-state index contributed by atoms with van der Waals surface area (Å²) in [5.74, 6) is -0.832. The van der Waals surface area contributed by atoms with Gasteiger partial charge in [-0.15, -0.1) is 0 Å². The first-order chi connectivity index (χ1) is 9.86. The van der Waals surface area contributed by atoms with E-state index in [0.717, 1.165) is 32.4 Å². The van der Waals surface area contributed by atoms with Crippen LogP contribution in [0.1, 0.15) is 54.8 Å². The molecule has 1 aromatic heterocycles. The Morgan fingerprint density at radius 1 is 1.48 bits per heavy atom. The van der Waals surface area contributed by atoms with E-state index >= 15 is 0 Å². The van der Waals surface area contributed by atoms with E-state index in [0.29, 0.717) is 11.1 Å².